The predicted octanol–water partition coefficient (Wildman–Crippen LogP) is 3.00. The zero-order valence-corrected chi connectivity index (χ0v) is 15.6. The molecule has 0 saturated carbocycles. The number of hydrogen-bond acceptors (Lipinski definition) is 4. The second kappa shape index (κ2) is 8.12. The fourth-order valence-corrected chi connectivity index (χ4v) is 5.47. The number of amides is 1. The summed E-state index contributed by atoms with van der Waals surface area (Å²) >= 11 is 1.59. The topological polar surface area (TPSA) is 66.5 Å². The number of carbonyl (C=O) groups excluding carboxylic acids is 1. The van der Waals surface area contributed by atoms with Gasteiger partial charge in [0.2, 0.25) is 15.9 Å². The summed E-state index contributed by atoms with van der Waals surface area (Å²) in [5, 5.41) is 4.86. The summed E-state index contributed by atoms with van der Waals surface area (Å²) in [6.45, 7) is 0.967. The first-order chi connectivity index (χ1) is 12.1. The number of nitrogens with zero attached hydrogens (tertiary/aromatic N) is 1. The van der Waals surface area contributed by atoms with Crippen molar-refractivity contribution < 1.29 is 13.2 Å². The summed E-state index contributed by atoms with van der Waals surface area (Å²) < 4.78 is 27.3. The van der Waals surface area contributed by atoms with Crippen LogP contribution in [0.3, 0.4) is 0 Å². The van der Waals surface area contributed by atoms with E-state index in [-0.39, 0.29) is 18.4 Å². The zero-order valence-electron chi connectivity index (χ0n) is 13.9. The van der Waals surface area contributed by atoms with E-state index in [9.17, 15) is 13.2 Å². The molecule has 3 rings (SSSR count). The molecule has 134 valence electrons. The predicted molar refractivity (Wildman–Crippen MR) is 98.8 cm³/mol. The number of nitrogens with one attached hydrogen (secondary N) is 1. The molecule has 0 aliphatic carbocycles. The van der Waals surface area contributed by atoms with Gasteiger partial charge in [-0.05, 0) is 36.4 Å². The SMILES string of the molecule is O=C(CC1CCCCN1S(=O)(=O)c1ccccc1)NCc1cccs1. The maximum absolute atomic E-state index is 12.9. The minimum absolute atomic E-state index is 0.103. The van der Waals surface area contributed by atoms with Crippen molar-refractivity contribution in [2.45, 2.75) is 43.2 Å². The van der Waals surface area contributed by atoms with E-state index in [1.807, 2.05) is 17.5 Å². The maximum Gasteiger partial charge on any atom is 0.243 e. The highest BCUT2D eigenvalue weighted by Gasteiger charge is 2.34. The van der Waals surface area contributed by atoms with E-state index in [2.05, 4.69) is 5.32 Å². The highest BCUT2D eigenvalue weighted by Crippen LogP contribution is 2.27. The molecule has 1 saturated heterocycles. The largest absolute Gasteiger partial charge is 0.351 e. The van der Waals surface area contributed by atoms with Crippen LogP contribution in [0.5, 0.6) is 0 Å². The van der Waals surface area contributed by atoms with Crippen molar-refractivity contribution in [1.82, 2.24) is 9.62 Å². The second-order valence-corrected chi connectivity index (χ2v) is 9.06. The lowest BCUT2D eigenvalue weighted by Crippen LogP contribution is -2.45. The molecule has 5 nitrogen and oxygen atoms in total. The van der Waals surface area contributed by atoms with Gasteiger partial charge in [0.25, 0.3) is 0 Å². The lowest BCUT2D eigenvalue weighted by molar-refractivity contribution is -0.122. The Kier molecular flexibility index (Phi) is 5.88. The number of carbonyl (C=O) groups is 1. The first-order valence-corrected chi connectivity index (χ1v) is 10.8. The maximum atomic E-state index is 12.9. The molecule has 0 bridgehead atoms. The van der Waals surface area contributed by atoms with Gasteiger partial charge in [0, 0.05) is 23.9 Å². The monoisotopic (exact) mass is 378 g/mol. The van der Waals surface area contributed by atoms with Gasteiger partial charge >= 0.3 is 0 Å². The molecule has 0 spiro atoms. The molecule has 1 atom stereocenters. The van der Waals surface area contributed by atoms with Gasteiger partial charge in [0.05, 0.1) is 11.4 Å². The summed E-state index contributed by atoms with van der Waals surface area (Å²) in [6.07, 6.45) is 2.71. The van der Waals surface area contributed by atoms with Crippen molar-refractivity contribution in [2.24, 2.45) is 0 Å². The van der Waals surface area contributed by atoms with Crippen LogP contribution in [0.4, 0.5) is 0 Å². The normalized spacial score (nSPS) is 18.8. The Bertz CT molecular complexity index is 789. The molecule has 1 amide bonds. The molecular formula is C18H22N2O3S2. The van der Waals surface area contributed by atoms with E-state index in [1.165, 1.54) is 4.31 Å². The fraction of sp³-hybridized carbons (Fsp3) is 0.389. The quantitative estimate of drug-likeness (QED) is 0.840. The summed E-state index contributed by atoms with van der Waals surface area (Å²) in [7, 11) is -3.56. The van der Waals surface area contributed by atoms with Crippen LogP contribution in [-0.4, -0.2) is 31.2 Å². The molecular weight excluding hydrogens is 356 g/mol. The van der Waals surface area contributed by atoms with E-state index in [1.54, 1.807) is 41.7 Å². The van der Waals surface area contributed by atoms with Crippen LogP contribution in [0.15, 0.2) is 52.7 Å². The van der Waals surface area contributed by atoms with Gasteiger partial charge < -0.3 is 5.32 Å². The van der Waals surface area contributed by atoms with E-state index in [4.69, 9.17) is 0 Å². The summed E-state index contributed by atoms with van der Waals surface area (Å²) in [4.78, 5) is 13.7. The Balaban J connectivity index is 1.67. The fourth-order valence-electron chi connectivity index (χ4n) is 3.11. The average molecular weight is 379 g/mol. The molecule has 1 unspecified atom stereocenters. The van der Waals surface area contributed by atoms with Gasteiger partial charge in [-0.25, -0.2) is 8.42 Å². The highest BCUT2D eigenvalue weighted by molar-refractivity contribution is 7.89. The third kappa shape index (κ3) is 4.48. The van der Waals surface area contributed by atoms with Crippen LogP contribution in [0.2, 0.25) is 0 Å². The third-order valence-electron chi connectivity index (χ3n) is 4.38. The molecule has 0 radical (unpaired) electrons. The van der Waals surface area contributed by atoms with Gasteiger partial charge in [-0.15, -0.1) is 11.3 Å². The van der Waals surface area contributed by atoms with Crippen LogP contribution >= 0.6 is 11.3 Å². The van der Waals surface area contributed by atoms with Crippen LogP contribution < -0.4 is 5.32 Å². The van der Waals surface area contributed by atoms with Gasteiger partial charge in [-0.1, -0.05) is 30.7 Å². The minimum Gasteiger partial charge on any atom is -0.351 e. The van der Waals surface area contributed by atoms with Gasteiger partial charge in [0.15, 0.2) is 0 Å². The Hall–Kier alpha value is -1.70. The van der Waals surface area contributed by atoms with Crippen LogP contribution in [0, 0.1) is 0 Å². The number of rotatable bonds is 6. The third-order valence-corrected chi connectivity index (χ3v) is 7.23. The molecule has 7 heteroatoms. The van der Waals surface area contributed by atoms with E-state index >= 15 is 0 Å². The van der Waals surface area contributed by atoms with Gasteiger partial charge in [-0.3, -0.25) is 4.79 Å². The Morgan fingerprint density at radius 1 is 1.16 bits per heavy atom. The standard InChI is InChI=1S/C18H22N2O3S2/c21-18(19-14-16-8-6-12-24-16)13-15-7-4-5-11-20(15)25(22,23)17-9-2-1-3-10-17/h1-3,6,8-10,12,15H,4-5,7,11,13-14H2,(H,19,21). The lowest BCUT2D eigenvalue weighted by atomic mass is 10.0. The molecule has 2 heterocycles. The van der Waals surface area contributed by atoms with Crippen molar-refractivity contribution in [3.05, 3.63) is 52.7 Å². The average Bonchev–Trinajstić information content (AvgIpc) is 3.15. The molecule has 1 fully saturated rings. The number of sulfonamides is 1. The lowest BCUT2D eigenvalue weighted by Gasteiger charge is -2.34. The van der Waals surface area contributed by atoms with Crippen molar-refractivity contribution in [3.8, 4) is 0 Å². The molecule has 1 aromatic carbocycles. The van der Waals surface area contributed by atoms with E-state index in [0.717, 1.165) is 24.1 Å². The van der Waals surface area contributed by atoms with Crippen LogP contribution in [0.25, 0.3) is 0 Å². The highest BCUT2D eigenvalue weighted by atomic mass is 32.2. The summed E-state index contributed by atoms with van der Waals surface area (Å²) in [5.74, 6) is -0.103. The number of benzene rings is 1. The Labute approximate surface area is 152 Å². The first kappa shape index (κ1) is 18.1. The van der Waals surface area contributed by atoms with E-state index < -0.39 is 10.0 Å². The molecule has 1 aliphatic rings. The summed E-state index contributed by atoms with van der Waals surface area (Å²) in [5.41, 5.74) is 0. The van der Waals surface area contributed by atoms with Crippen molar-refractivity contribution in [2.75, 3.05) is 6.54 Å². The Morgan fingerprint density at radius 3 is 2.68 bits per heavy atom. The molecule has 1 aromatic heterocycles. The van der Waals surface area contributed by atoms with Crippen molar-refractivity contribution in [1.29, 1.82) is 0 Å². The van der Waals surface area contributed by atoms with Crippen molar-refractivity contribution in [3.63, 3.8) is 0 Å². The molecule has 1 aliphatic heterocycles. The zero-order chi connectivity index (χ0) is 17.7. The molecule has 25 heavy (non-hydrogen) atoms. The van der Waals surface area contributed by atoms with Crippen LogP contribution in [0.1, 0.15) is 30.6 Å². The van der Waals surface area contributed by atoms with Crippen LogP contribution in [-0.2, 0) is 21.4 Å². The van der Waals surface area contributed by atoms with Gasteiger partial charge in [0.1, 0.15) is 0 Å². The second-order valence-electron chi connectivity index (χ2n) is 6.14. The molecule has 1 N–H and O–H groups in total. The summed E-state index contributed by atoms with van der Waals surface area (Å²) in [6, 6.07) is 12.1. The molecule has 2 aromatic rings. The Morgan fingerprint density at radius 2 is 1.96 bits per heavy atom. The first-order valence-electron chi connectivity index (χ1n) is 8.43. The number of thiophene rings is 1. The smallest absolute Gasteiger partial charge is 0.243 e. The van der Waals surface area contributed by atoms with Crippen molar-refractivity contribution >= 4 is 27.3 Å². The number of piperidine rings is 1. The minimum atomic E-state index is -3.56. The van der Waals surface area contributed by atoms with E-state index in [0.29, 0.717) is 18.0 Å². The number of hydrogen-bond donors (Lipinski definition) is 1. The van der Waals surface area contributed by atoms with Gasteiger partial charge in [-0.2, -0.15) is 4.31 Å².